The van der Waals surface area contributed by atoms with Crippen LogP contribution < -0.4 is 5.32 Å². The van der Waals surface area contributed by atoms with Gasteiger partial charge >= 0.3 is 0 Å². The number of hydrogen-bond acceptors (Lipinski definition) is 3. The second-order valence-corrected chi connectivity index (χ2v) is 4.51. The van der Waals surface area contributed by atoms with Gasteiger partial charge in [-0.3, -0.25) is 9.48 Å². The summed E-state index contributed by atoms with van der Waals surface area (Å²) in [5, 5.41) is 7.53. The van der Waals surface area contributed by atoms with Crippen molar-refractivity contribution in [2.45, 2.75) is 32.9 Å². The number of amides is 1. The fourth-order valence-corrected chi connectivity index (χ4v) is 2.30. The zero-order valence-electron chi connectivity index (χ0n) is 10.7. The van der Waals surface area contributed by atoms with E-state index in [0.717, 1.165) is 31.7 Å². The number of aryl methyl sites for hydroxylation is 2. The maximum absolute atomic E-state index is 12.3. The maximum Gasteiger partial charge on any atom is 0.272 e. The molecule has 5 heteroatoms. The van der Waals surface area contributed by atoms with Gasteiger partial charge in [0, 0.05) is 25.7 Å². The summed E-state index contributed by atoms with van der Waals surface area (Å²) in [6.45, 7) is 6.28. The lowest BCUT2D eigenvalue weighted by Crippen LogP contribution is -2.34. The molecule has 1 fully saturated rings. The molecule has 17 heavy (non-hydrogen) atoms. The molecule has 1 amide bonds. The molecule has 1 aliphatic rings. The fourth-order valence-electron chi connectivity index (χ4n) is 2.30. The topological polar surface area (TPSA) is 50.2 Å². The first-order valence-electron chi connectivity index (χ1n) is 6.16. The van der Waals surface area contributed by atoms with Crippen LogP contribution in [0.15, 0.2) is 6.07 Å². The van der Waals surface area contributed by atoms with Crippen molar-refractivity contribution in [3.8, 4) is 0 Å². The molecule has 0 bridgehead atoms. The van der Waals surface area contributed by atoms with E-state index in [-0.39, 0.29) is 5.91 Å². The highest BCUT2D eigenvalue weighted by atomic mass is 16.2. The minimum atomic E-state index is 0.102. The van der Waals surface area contributed by atoms with Crippen molar-refractivity contribution in [1.82, 2.24) is 20.0 Å². The van der Waals surface area contributed by atoms with E-state index in [9.17, 15) is 4.79 Å². The first-order chi connectivity index (χ1) is 8.15. The highest BCUT2D eigenvalue weighted by Crippen LogP contribution is 2.14. The molecule has 1 atom stereocenters. The van der Waals surface area contributed by atoms with Gasteiger partial charge in [0.2, 0.25) is 0 Å². The Kier molecular flexibility index (Phi) is 3.47. The standard InChI is InChI=1S/C12H20N4O/c1-4-16-11(7-9(2)14-16)12(17)15-6-5-10(8-15)13-3/h7,10,13H,4-6,8H2,1-3H3. The van der Waals surface area contributed by atoms with Crippen molar-refractivity contribution < 1.29 is 4.79 Å². The number of nitrogens with one attached hydrogen (secondary N) is 1. The van der Waals surface area contributed by atoms with Gasteiger partial charge in [-0.2, -0.15) is 5.10 Å². The largest absolute Gasteiger partial charge is 0.336 e. The summed E-state index contributed by atoms with van der Waals surface area (Å²) in [4.78, 5) is 14.2. The molecule has 1 N–H and O–H groups in total. The number of likely N-dealkylation sites (N-methyl/N-ethyl adjacent to an activating group) is 1. The molecule has 5 nitrogen and oxygen atoms in total. The first-order valence-corrected chi connectivity index (χ1v) is 6.16. The Morgan fingerprint density at radius 2 is 2.41 bits per heavy atom. The third-order valence-corrected chi connectivity index (χ3v) is 3.30. The van der Waals surface area contributed by atoms with Crippen molar-refractivity contribution in [3.63, 3.8) is 0 Å². The SMILES string of the molecule is CCn1nc(C)cc1C(=O)N1CCC(NC)C1. The molecule has 1 saturated heterocycles. The van der Waals surface area contributed by atoms with Crippen molar-refractivity contribution in [2.24, 2.45) is 0 Å². The van der Waals surface area contributed by atoms with Crippen molar-refractivity contribution in [3.05, 3.63) is 17.5 Å². The van der Waals surface area contributed by atoms with Gasteiger partial charge in [0.1, 0.15) is 5.69 Å². The Morgan fingerprint density at radius 1 is 1.65 bits per heavy atom. The molecular formula is C12H20N4O. The second kappa shape index (κ2) is 4.87. The molecule has 0 aromatic carbocycles. The lowest BCUT2D eigenvalue weighted by Gasteiger charge is -2.16. The van der Waals surface area contributed by atoms with E-state index in [0.29, 0.717) is 11.7 Å². The van der Waals surface area contributed by atoms with E-state index in [1.165, 1.54) is 0 Å². The zero-order valence-corrected chi connectivity index (χ0v) is 10.7. The third-order valence-electron chi connectivity index (χ3n) is 3.30. The summed E-state index contributed by atoms with van der Waals surface area (Å²) in [7, 11) is 1.94. The number of aromatic nitrogens is 2. The molecule has 1 aliphatic heterocycles. The molecule has 1 aromatic rings. The molecule has 1 aromatic heterocycles. The zero-order chi connectivity index (χ0) is 12.4. The van der Waals surface area contributed by atoms with Crippen molar-refractivity contribution in [1.29, 1.82) is 0 Å². The van der Waals surface area contributed by atoms with Crippen LogP contribution in [-0.2, 0) is 6.54 Å². The van der Waals surface area contributed by atoms with Gasteiger partial charge < -0.3 is 10.2 Å². The third kappa shape index (κ3) is 2.34. The molecule has 94 valence electrons. The highest BCUT2D eigenvalue weighted by molar-refractivity contribution is 5.93. The van der Waals surface area contributed by atoms with Crippen LogP contribution in [0.3, 0.4) is 0 Å². The van der Waals surface area contributed by atoms with Gasteiger partial charge in [0.05, 0.1) is 5.69 Å². The van der Waals surface area contributed by atoms with Crippen LogP contribution >= 0.6 is 0 Å². The number of hydrogen-bond donors (Lipinski definition) is 1. The molecule has 1 unspecified atom stereocenters. The Hall–Kier alpha value is -1.36. The summed E-state index contributed by atoms with van der Waals surface area (Å²) < 4.78 is 1.78. The van der Waals surface area contributed by atoms with E-state index in [1.54, 1.807) is 4.68 Å². The van der Waals surface area contributed by atoms with E-state index < -0.39 is 0 Å². The second-order valence-electron chi connectivity index (χ2n) is 4.51. The Morgan fingerprint density at radius 3 is 3.00 bits per heavy atom. The fraction of sp³-hybridized carbons (Fsp3) is 0.667. The van der Waals surface area contributed by atoms with Crippen molar-refractivity contribution in [2.75, 3.05) is 20.1 Å². The van der Waals surface area contributed by atoms with Crippen LogP contribution in [0.4, 0.5) is 0 Å². The van der Waals surface area contributed by atoms with E-state index in [1.807, 2.05) is 31.9 Å². The van der Waals surface area contributed by atoms with E-state index in [4.69, 9.17) is 0 Å². The summed E-state index contributed by atoms with van der Waals surface area (Å²) in [6, 6.07) is 2.30. The van der Waals surface area contributed by atoms with Gasteiger partial charge in [-0.15, -0.1) is 0 Å². The Balaban J connectivity index is 2.14. The van der Waals surface area contributed by atoms with Gasteiger partial charge in [-0.05, 0) is 33.4 Å². The van der Waals surface area contributed by atoms with Crippen LogP contribution in [0.5, 0.6) is 0 Å². The summed E-state index contributed by atoms with van der Waals surface area (Å²) in [6.07, 6.45) is 1.03. The molecule has 2 heterocycles. The lowest BCUT2D eigenvalue weighted by molar-refractivity contribution is 0.0777. The molecule has 0 aliphatic carbocycles. The van der Waals surface area contributed by atoms with Crippen molar-refractivity contribution >= 4 is 5.91 Å². The van der Waals surface area contributed by atoms with Crippen LogP contribution in [0.25, 0.3) is 0 Å². The smallest absolute Gasteiger partial charge is 0.272 e. The minimum Gasteiger partial charge on any atom is -0.336 e. The normalized spacial score (nSPS) is 19.9. The van der Waals surface area contributed by atoms with Crippen LogP contribution in [0.1, 0.15) is 29.5 Å². The first kappa shape index (κ1) is 12.1. The van der Waals surface area contributed by atoms with Gasteiger partial charge in [-0.1, -0.05) is 0 Å². The average molecular weight is 236 g/mol. The quantitative estimate of drug-likeness (QED) is 0.838. The predicted molar refractivity (Wildman–Crippen MR) is 66.0 cm³/mol. The molecule has 0 radical (unpaired) electrons. The predicted octanol–water partition coefficient (Wildman–Crippen LogP) is 0.645. The van der Waals surface area contributed by atoms with Crippen LogP contribution in [-0.4, -0.2) is 46.8 Å². The average Bonchev–Trinajstić information content (AvgIpc) is 2.93. The number of carbonyl (C=O) groups is 1. The number of rotatable bonds is 3. The lowest BCUT2D eigenvalue weighted by atomic mass is 10.3. The Bertz CT molecular complexity index is 413. The molecule has 0 saturated carbocycles. The van der Waals surface area contributed by atoms with Gasteiger partial charge in [-0.25, -0.2) is 0 Å². The summed E-state index contributed by atoms with van der Waals surface area (Å²) in [5.41, 5.74) is 1.61. The number of nitrogens with zero attached hydrogens (tertiary/aromatic N) is 3. The van der Waals surface area contributed by atoms with Crippen LogP contribution in [0, 0.1) is 6.92 Å². The highest BCUT2D eigenvalue weighted by Gasteiger charge is 2.27. The van der Waals surface area contributed by atoms with Gasteiger partial charge in [0.15, 0.2) is 0 Å². The minimum absolute atomic E-state index is 0.102. The summed E-state index contributed by atoms with van der Waals surface area (Å²) in [5.74, 6) is 0.102. The number of likely N-dealkylation sites (tertiary alicyclic amines) is 1. The van der Waals surface area contributed by atoms with Gasteiger partial charge in [0.25, 0.3) is 5.91 Å². The van der Waals surface area contributed by atoms with E-state index in [2.05, 4.69) is 10.4 Å². The molecule has 2 rings (SSSR count). The molecule has 0 spiro atoms. The monoisotopic (exact) mass is 236 g/mol. The van der Waals surface area contributed by atoms with E-state index >= 15 is 0 Å². The Labute approximate surface area is 102 Å². The molecular weight excluding hydrogens is 216 g/mol. The number of carbonyl (C=O) groups excluding carboxylic acids is 1. The summed E-state index contributed by atoms with van der Waals surface area (Å²) >= 11 is 0. The van der Waals surface area contributed by atoms with Crippen LogP contribution in [0.2, 0.25) is 0 Å². The maximum atomic E-state index is 12.3.